The van der Waals surface area contributed by atoms with Crippen molar-refractivity contribution in [2.24, 2.45) is 0 Å². The van der Waals surface area contributed by atoms with Crippen LogP contribution >= 0.6 is 12.2 Å². The van der Waals surface area contributed by atoms with Crippen LogP contribution in [0, 0.1) is 6.92 Å². The van der Waals surface area contributed by atoms with Gasteiger partial charge >= 0.3 is 0 Å². The van der Waals surface area contributed by atoms with Gasteiger partial charge in [0.25, 0.3) is 0 Å². The highest BCUT2D eigenvalue weighted by atomic mass is 32.1. The summed E-state index contributed by atoms with van der Waals surface area (Å²) in [7, 11) is 0. The maximum absolute atomic E-state index is 8.49. The second kappa shape index (κ2) is 5.04. The molecular formula is C6H11OS. The molecule has 0 unspecified atom stereocenters. The molecule has 1 radical (unpaired) electrons. The van der Waals surface area contributed by atoms with Crippen LogP contribution in [0.15, 0.2) is 0 Å². The van der Waals surface area contributed by atoms with Crippen LogP contribution in [-0.4, -0.2) is 10.2 Å². The summed E-state index contributed by atoms with van der Waals surface area (Å²) in [4.78, 5) is 0. The van der Waals surface area contributed by atoms with Gasteiger partial charge in [0, 0.05) is 6.42 Å². The van der Waals surface area contributed by atoms with Gasteiger partial charge in [0.15, 0.2) is 5.05 Å². The average molecular weight is 131 g/mol. The Morgan fingerprint density at radius 3 is 2.50 bits per heavy atom. The zero-order valence-corrected chi connectivity index (χ0v) is 5.71. The lowest BCUT2D eigenvalue weighted by Gasteiger charge is -1.92. The minimum Gasteiger partial charge on any atom is -0.502 e. The molecule has 0 fully saturated rings. The van der Waals surface area contributed by atoms with E-state index in [1.165, 1.54) is 0 Å². The molecule has 8 heavy (non-hydrogen) atoms. The molecular weight excluding hydrogens is 120 g/mol. The number of rotatable bonds is 4. The molecule has 0 aromatic carbocycles. The highest BCUT2D eigenvalue weighted by Crippen LogP contribution is 1.98. The molecule has 2 heteroatoms. The molecule has 0 rings (SSSR count). The Hall–Kier alpha value is -0.110. The van der Waals surface area contributed by atoms with Gasteiger partial charge in [0.1, 0.15) is 0 Å². The lowest BCUT2D eigenvalue weighted by Crippen LogP contribution is -1.89. The largest absolute Gasteiger partial charge is 0.502 e. The molecule has 0 aliphatic carbocycles. The molecule has 0 saturated carbocycles. The van der Waals surface area contributed by atoms with Gasteiger partial charge in [-0.15, -0.1) is 0 Å². The highest BCUT2D eigenvalue weighted by molar-refractivity contribution is 7.80. The predicted octanol–water partition coefficient (Wildman–Crippen LogP) is 2.27. The van der Waals surface area contributed by atoms with Crippen LogP contribution in [0.5, 0.6) is 0 Å². The Bertz CT molecular complexity index is 70.9. The van der Waals surface area contributed by atoms with Gasteiger partial charge in [-0.05, 0) is 18.6 Å². The van der Waals surface area contributed by atoms with Crippen molar-refractivity contribution in [2.45, 2.75) is 25.7 Å². The van der Waals surface area contributed by atoms with Gasteiger partial charge in [-0.2, -0.15) is 0 Å². The first-order valence-corrected chi connectivity index (χ1v) is 3.19. The molecule has 0 atom stereocenters. The van der Waals surface area contributed by atoms with Crippen LogP contribution in [-0.2, 0) is 0 Å². The van der Waals surface area contributed by atoms with Gasteiger partial charge in [-0.3, -0.25) is 0 Å². The normalized spacial score (nSPS) is 9.12. The number of aliphatic hydroxyl groups is 1. The van der Waals surface area contributed by atoms with Gasteiger partial charge in [0.05, 0.1) is 0 Å². The highest BCUT2D eigenvalue weighted by Gasteiger charge is 1.88. The van der Waals surface area contributed by atoms with Crippen LogP contribution in [0.25, 0.3) is 0 Å². The number of hydrogen-bond donors (Lipinski definition) is 1. The molecule has 0 aliphatic heterocycles. The van der Waals surface area contributed by atoms with Crippen LogP contribution in [0.2, 0.25) is 0 Å². The summed E-state index contributed by atoms with van der Waals surface area (Å²) >= 11 is 4.44. The van der Waals surface area contributed by atoms with E-state index in [9.17, 15) is 0 Å². The second-order valence-electron chi connectivity index (χ2n) is 1.70. The molecule has 0 aliphatic rings. The van der Waals surface area contributed by atoms with Crippen LogP contribution in [0.4, 0.5) is 0 Å². The zero-order chi connectivity index (χ0) is 6.41. The molecule has 0 aromatic rings. The van der Waals surface area contributed by atoms with Gasteiger partial charge in [-0.25, -0.2) is 0 Å². The minimum absolute atomic E-state index is 0.124. The summed E-state index contributed by atoms with van der Waals surface area (Å²) < 4.78 is 0. The van der Waals surface area contributed by atoms with Crippen molar-refractivity contribution in [1.82, 2.24) is 0 Å². The van der Waals surface area contributed by atoms with Crippen molar-refractivity contribution >= 4 is 17.3 Å². The van der Waals surface area contributed by atoms with Crippen molar-refractivity contribution in [3.63, 3.8) is 0 Å². The van der Waals surface area contributed by atoms with Gasteiger partial charge in [0.2, 0.25) is 0 Å². The third kappa shape index (κ3) is 5.89. The molecule has 0 aromatic heterocycles. The summed E-state index contributed by atoms with van der Waals surface area (Å²) in [6.07, 6.45) is 3.62. The first-order valence-electron chi connectivity index (χ1n) is 2.78. The predicted molar refractivity (Wildman–Crippen MR) is 39.1 cm³/mol. The van der Waals surface area contributed by atoms with E-state index in [2.05, 4.69) is 19.1 Å². The third-order valence-electron chi connectivity index (χ3n) is 0.891. The molecule has 1 nitrogen and oxygen atoms in total. The quantitative estimate of drug-likeness (QED) is 0.466. The smallest absolute Gasteiger partial charge is 0.156 e. The summed E-state index contributed by atoms with van der Waals surface area (Å²) in [6.45, 7) is 3.66. The third-order valence-corrected chi connectivity index (χ3v) is 1.09. The van der Waals surface area contributed by atoms with Gasteiger partial charge in [-0.1, -0.05) is 19.8 Å². The van der Waals surface area contributed by atoms with E-state index in [1.807, 2.05) is 0 Å². The summed E-state index contributed by atoms with van der Waals surface area (Å²) in [6, 6.07) is 0. The first-order chi connectivity index (χ1) is 3.77. The van der Waals surface area contributed by atoms with E-state index in [0.717, 1.165) is 19.3 Å². The maximum atomic E-state index is 8.49. The fraction of sp³-hybridized carbons (Fsp3) is 0.667. The number of thiocarbonyl (C=S) groups is 1. The maximum Gasteiger partial charge on any atom is 0.156 e. The first kappa shape index (κ1) is 7.89. The molecule has 1 N–H and O–H groups in total. The van der Waals surface area contributed by atoms with E-state index < -0.39 is 0 Å². The molecule has 0 heterocycles. The molecule has 0 amide bonds. The Balaban J connectivity index is 2.82. The Labute approximate surface area is 55.7 Å². The van der Waals surface area contributed by atoms with E-state index in [0.29, 0.717) is 6.42 Å². The Morgan fingerprint density at radius 2 is 2.12 bits per heavy atom. The van der Waals surface area contributed by atoms with Crippen LogP contribution < -0.4 is 0 Å². The van der Waals surface area contributed by atoms with Gasteiger partial charge < -0.3 is 5.11 Å². The van der Waals surface area contributed by atoms with Crippen molar-refractivity contribution in [2.75, 3.05) is 0 Å². The summed E-state index contributed by atoms with van der Waals surface area (Å²) in [5.41, 5.74) is 0. The number of unbranched alkanes of at least 4 members (excludes halogenated alkanes) is 2. The summed E-state index contributed by atoms with van der Waals surface area (Å²) in [5, 5.41) is 8.61. The fourth-order valence-corrected chi connectivity index (χ4v) is 0.597. The second-order valence-corrected chi connectivity index (χ2v) is 2.18. The van der Waals surface area contributed by atoms with E-state index in [-0.39, 0.29) is 5.05 Å². The van der Waals surface area contributed by atoms with Crippen molar-refractivity contribution < 1.29 is 5.11 Å². The number of aliphatic hydroxyl groups excluding tert-OH is 1. The average Bonchev–Trinajstić information content (AvgIpc) is 1.66. The minimum atomic E-state index is 0.124. The van der Waals surface area contributed by atoms with E-state index >= 15 is 0 Å². The molecule has 0 bridgehead atoms. The number of hydrogen-bond acceptors (Lipinski definition) is 1. The zero-order valence-electron chi connectivity index (χ0n) is 4.89. The molecule has 47 valence electrons. The Kier molecular flexibility index (Phi) is 4.97. The summed E-state index contributed by atoms with van der Waals surface area (Å²) in [5.74, 6) is 0. The van der Waals surface area contributed by atoms with Crippen LogP contribution in [0.3, 0.4) is 0 Å². The van der Waals surface area contributed by atoms with E-state index in [1.54, 1.807) is 0 Å². The monoisotopic (exact) mass is 131 g/mol. The lowest BCUT2D eigenvalue weighted by atomic mass is 10.2. The SMILES string of the molecule is [CH2]CCCCC(O)=S. The topological polar surface area (TPSA) is 20.2 Å². The van der Waals surface area contributed by atoms with Crippen molar-refractivity contribution in [1.29, 1.82) is 0 Å². The lowest BCUT2D eigenvalue weighted by molar-refractivity contribution is 0.540. The van der Waals surface area contributed by atoms with Crippen molar-refractivity contribution in [3.05, 3.63) is 6.92 Å². The molecule has 0 spiro atoms. The Morgan fingerprint density at radius 1 is 1.50 bits per heavy atom. The molecule has 0 saturated heterocycles. The standard InChI is InChI=1S/C6H11OS/c1-2-3-4-5-6(7)8/h1-5H2,(H,7,8). The van der Waals surface area contributed by atoms with Crippen LogP contribution in [0.1, 0.15) is 25.7 Å². The van der Waals surface area contributed by atoms with Crippen molar-refractivity contribution in [3.8, 4) is 0 Å². The van der Waals surface area contributed by atoms with E-state index in [4.69, 9.17) is 5.11 Å². The fourth-order valence-electron chi connectivity index (χ4n) is 0.453.